The first-order valence-electron chi connectivity index (χ1n) is 7.35. The lowest BCUT2D eigenvalue weighted by molar-refractivity contribution is 0.0693. The number of methoxy groups -OCH3 is 1. The van der Waals surface area contributed by atoms with Crippen molar-refractivity contribution >= 4 is 22.8 Å². The minimum atomic E-state index is -0.339. The minimum Gasteiger partial charge on any atom is -0.497 e. The molecule has 1 aliphatic rings. The van der Waals surface area contributed by atoms with Crippen LogP contribution in [-0.2, 0) is 7.05 Å². The summed E-state index contributed by atoms with van der Waals surface area (Å²) >= 11 is 0. The highest BCUT2D eigenvalue weighted by atomic mass is 16.5. The van der Waals surface area contributed by atoms with E-state index < -0.39 is 0 Å². The van der Waals surface area contributed by atoms with Gasteiger partial charge in [0.15, 0.2) is 5.65 Å². The molecule has 4 rings (SSSR count). The summed E-state index contributed by atoms with van der Waals surface area (Å²) in [6, 6.07) is 7.38. The van der Waals surface area contributed by atoms with Crippen molar-refractivity contribution in [1.82, 2.24) is 19.7 Å². The molecule has 0 spiro atoms. The van der Waals surface area contributed by atoms with Crippen LogP contribution in [0.4, 0.5) is 0 Å². The van der Waals surface area contributed by atoms with Crippen molar-refractivity contribution in [1.29, 1.82) is 0 Å². The van der Waals surface area contributed by atoms with Gasteiger partial charge in [-0.25, -0.2) is 9.67 Å². The number of fused-ring (bicyclic) bond motifs is 3. The minimum absolute atomic E-state index is 0.317. The predicted molar refractivity (Wildman–Crippen MR) is 86.9 cm³/mol. The molecular formula is C17H14N4O3. The molecule has 7 nitrogen and oxygen atoms in total. The quantitative estimate of drug-likeness (QED) is 0.673. The maximum Gasteiger partial charge on any atom is 0.262 e. The average molecular weight is 322 g/mol. The fourth-order valence-electron chi connectivity index (χ4n) is 2.99. The largest absolute Gasteiger partial charge is 0.497 e. The van der Waals surface area contributed by atoms with E-state index in [1.54, 1.807) is 18.8 Å². The molecule has 0 fully saturated rings. The highest BCUT2D eigenvalue weighted by Crippen LogP contribution is 2.35. The zero-order valence-electron chi connectivity index (χ0n) is 13.4. The standard InChI is InChI=1S/C17H14N4O3/c1-20-16(22)11-8-18-15-13(12(11)17(20)23)14(19-21(15)2)9-4-6-10(24-3)7-5-9/h4-8H,1-3H3. The number of hydrogen-bond acceptors (Lipinski definition) is 5. The Morgan fingerprint density at radius 3 is 2.42 bits per heavy atom. The fraction of sp³-hybridized carbons (Fsp3) is 0.176. The third kappa shape index (κ3) is 1.78. The molecule has 0 N–H and O–H groups in total. The molecule has 2 aromatic heterocycles. The van der Waals surface area contributed by atoms with Crippen molar-refractivity contribution in [2.75, 3.05) is 14.2 Å². The van der Waals surface area contributed by atoms with Gasteiger partial charge in [0, 0.05) is 25.9 Å². The number of carbonyl (C=O) groups is 2. The zero-order valence-corrected chi connectivity index (χ0v) is 13.4. The average Bonchev–Trinajstić information content (AvgIpc) is 3.05. The zero-order chi connectivity index (χ0) is 17.0. The fourth-order valence-corrected chi connectivity index (χ4v) is 2.99. The SMILES string of the molecule is COc1ccc(-c2nn(C)c3ncc4c(c23)C(=O)N(C)C4=O)cc1. The number of aryl methyl sites for hydroxylation is 1. The van der Waals surface area contributed by atoms with E-state index in [1.165, 1.54) is 13.2 Å². The van der Waals surface area contributed by atoms with Gasteiger partial charge in [-0.15, -0.1) is 0 Å². The number of benzene rings is 1. The van der Waals surface area contributed by atoms with Crippen LogP contribution in [0.15, 0.2) is 30.5 Å². The number of pyridine rings is 1. The van der Waals surface area contributed by atoms with E-state index >= 15 is 0 Å². The van der Waals surface area contributed by atoms with E-state index in [0.717, 1.165) is 16.2 Å². The van der Waals surface area contributed by atoms with Gasteiger partial charge < -0.3 is 4.74 Å². The summed E-state index contributed by atoms with van der Waals surface area (Å²) in [6.45, 7) is 0. The molecule has 7 heteroatoms. The maximum atomic E-state index is 12.5. The predicted octanol–water partition coefficient (Wildman–Crippen LogP) is 1.87. The molecule has 3 aromatic rings. The normalized spacial score (nSPS) is 13.7. The van der Waals surface area contributed by atoms with Crippen LogP contribution in [0.2, 0.25) is 0 Å². The number of aromatic nitrogens is 3. The second-order valence-electron chi connectivity index (χ2n) is 5.62. The Morgan fingerprint density at radius 2 is 1.75 bits per heavy atom. The highest BCUT2D eigenvalue weighted by Gasteiger charge is 2.37. The highest BCUT2D eigenvalue weighted by molar-refractivity contribution is 6.27. The van der Waals surface area contributed by atoms with Gasteiger partial charge in [-0.2, -0.15) is 5.10 Å². The number of rotatable bonds is 2. The Hall–Kier alpha value is -3.22. The van der Waals surface area contributed by atoms with Gasteiger partial charge >= 0.3 is 0 Å². The maximum absolute atomic E-state index is 12.5. The summed E-state index contributed by atoms with van der Waals surface area (Å²) in [4.78, 5) is 30.2. The monoisotopic (exact) mass is 322 g/mol. The van der Waals surface area contributed by atoms with Crippen LogP contribution in [0.25, 0.3) is 22.3 Å². The number of amides is 2. The Bertz CT molecular complexity index is 1000. The van der Waals surface area contributed by atoms with Gasteiger partial charge in [0.25, 0.3) is 11.8 Å². The van der Waals surface area contributed by atoms with E-state index in [1.807, 2.05) is 24.3 Å². The lowest BCUT2D eigenvalue weighted by Crippen LogP contribution is -2.24. The number of ether oxygens (including phenoxy) is 1. The third-order valence-electron chi connectivity index (χ3n) is 4.27. The molecule has 0 unspecified atom stereocenters. The Balaban J connectivity index is 2.04. The van der Waals surface area contributed by atoms with Gasteiger partial charge in [0.2, 0.25) is 0 Å². The molecule has 0 bridgehead atoms. The van der Waals surface area contributed by atoms with Crippen LogP contribution < -0.4 is 4.74 Å². The molecule has 0 aliphatic carbocycles. The number of carbonyl (C=O) groups excluding carboxylic acids is 2. The molecule has 0 atom stereocenters. The van der Waals surface area contributed by atoms with Crippen molar-refractivity contribution in [3.63, 3.8) is 0 Å². The van der Waals surface area contributed by atoms with Crippen molar-refractivity contribution in [2.24, 2.45) is 7.05 Å². The first kappa shape index (κ1) is 14.4. The molecule has 0 saturated carbocycles. The summed E-state index contributed by atoms with van der Waals surface area (Å²) in [5, 5.41) is 5.11. The van der Waals surface area contributed by atoms with Crippen molar-refractivity contribution in [3.05, 3.63) is 41.6 Å². The van der Waals surface area contributed by atoms with Crippen LogP contribution in [0.1, 0.15) is 20.7 Å². The van der Waals surface area contributed by atoms with Crippen LogP contribution >= 0.6 is 0 Å². The molecule has 0 radical (unpaired) electrons. The molecule has 24 heavy (non-hydrogen) atoms. The molecule has 1 aliphatic heterocycles. The van der Waals surface area contributed by atoms with Crippen LogP contribution in [0, 0.1) is 0 Å². The van der Waals surface area contributed by atoms with Gasteiger partial charge in [-0.05, 0) is 24.3 Å². The van der Waals surface area contributed by atoms with Gasteiger partial charge in [0.1, 0.15) is 11.4 Å². The van der Waals surface area contributed by atoms with Gasteiger partial charge in [-0.1, -0.05) is 0 Å². The summed E-state index contributed by atoms with van der Waals surface area (Å²) in [5.41, 5.74) is 2.70. The topological polar surface area (TPSA) is 77.3 Å². The molecule has 1 aromatic carbocycles. The van der Waals surface area contributed by atoms with Crippen molar-refractivity contribution in [2.45, 2.75) is 0 Å². The van der Waals surface area contributed by atoms with Crippen LogP contribution in [0.5, 0.6) is 5.75 Å². The second-order valence-corrected chi connectivity index (χ2v) is 5.62. The smallest absolute Gasteiger partial charge is 0.262 e. The van der Waals surface area contributed by atoms with Crippen molar-refractivity contribution < 1.29 is 14.3 Å². The lowest BCUT2D eigenvalue weighted by atomic mass is 10.0. The van der Waals surface area contributed by atoms with E-state index in [0.29, 0.717) is 27.9 Å². The first-order chi connectivity index (χ1) is 11.5. The molecule has 120 valence electrons. The number of hydrogen-bond donors (Lipinski definition) is 0. The number of nitrogens with zero attached hydrogens (tertiary/aromatic N) is 4. The third-order valence-corrected chi connectivity index (χ3v) is 4.27. The second kappa shape index (κ2) is 4.89. The summed E-state index contributed by atoms with van der Waals surface area (Å²) in [7, 11) is 4.84. The molecule has 3 heterocycles. The van der Waals surface area contributed by atoms with Crippen LogP contribution in [0.3, 0.4) is 0 Å². The van der Waals surface area contributed by atoms with Gasteiger partial charge in [-0.3, -0.25) is 14.5 Å². The Labute approximate surface area is 137 Å². The van der Waals surface area contributed by atoms with E-state index in [9.17, 15) is 9.59 Å². The summed E-state index contributed by atoms with van der Waals surface area (Å²) < 4.78 is 6.79. The number of imide groups is 1. The Kier molecular flexibility index (Phi) is 2.93. The van der Waals surface area contributed by atoms with E-state index in [-0.39, 0.29) is 11.8 Å². The summed E-state index contributed by atoms with van der Waals surface area (Å²) in [6.07, 6.45) is 1.45. The summed E-state index contributed by atoms with van der Waals surface area (Å²) in [5.74, 6) is 0.0624. The van der Waals surface area contributed by atoms with Crippen LogP contribution in [-0.4, -0.2) is 45.6 Å². The first-order valence-corrected chi connectivity index (χ1v) is 7.35. The lowest BCUT2D eigenvalue weighted by Gasteiger charge is -2.04. The van der Waals surface area contributed by atoms with Crippen molar-refractivity contribution in [3.8, 4) is 17.0 Å². The molecular weight excluding hydrogens is 308 g/mol. The van der Waals surface area contributed by atoms with Gasteiger partial charge in [0.05, 0.1) is 23.6 Å². The van der Waals surface area contributed by atoms with E-state index in [4.69, 9.17) is 4.74 Å². The molecule has 2 amide bonds. The van der Waals surface area contributed by atoms with E-state index in [2.05, 4.69) is 10.1 Å². The molecule has 0 saturated heterocycles. The Morgan fingerprint density at radius 1 is 1.04 bits per heavy atom.